The predicted octanol–water partition coefficient (Wildman–Crippen LogP) is 2.73. The molecule has 0 bridgehead atoms. The normalized spacial score (nSPS) is 17.1. The third kappa shape index (κ3) is 3.93. The Hall–Kier alpha value is -1.10. The molecule has 1 aliphatic carbocycles. The van der Waals surface area contributed by atoms with E-state index in [2.05, 4.69) is 41.2 Å². The molecule has 1 aromatic rings. The summed E-state index contributed by atoms with van der Waals surface area (Å²) in [4.78, 5) is 2.27. The summed E-state index contributed by atoms with van der Waals surface area (Å²) in [6.07, 6.45) is 6.49. The van der Waals surface area contributed by atoms with Crippen molar-refractivity contribution in [1.82, 2.24) is 15.5 Å². The molecule has 1 aromatic heterocycles. The van der Waals surface area contributed by atoms with Gasteiger partial charge in [-0.15, -0.1) is 5.10 Å². The van der Waals surface area contributed by atoms with Crippen LogP contribution in [0.25, 0.3) is 0 Å². The first-order chi connectivity index (χ1) is 9.20. The van der Waals surface area contributed by atoms with Gasteiger partial charge in [-0.2, -0.15) is 0 Å². The average molecular weight is 266 g/mol. The van der Waals surface area contributed by atoms with Gasteiger partial charge in [0.2, 0.25) is 5.89 Å². The van der Waals surface area contributed by atoms with Gasteiger partial charge in [0.25, 0.3) is 0 Å². The molecule has 2 rings (SSSR count). The fourth-order valence-electron chi connectivity index (χ4n) is 2.67. The van der Waals surface area contributed by atoms with Gasteiger partial charge < -0.3 is 14.6 Å². The smallest absolute Gasteiger partial charge is 0.318 e. The minimum atomic E-state index is 0.427. The van der Waals surface area contributed by atoms with Crippen molar-refractivity contribution in [1.29, 1.82) is 0 Å². The van der Waals surface area contributed by atoms with Gasteiger partial charge in [-0.1, -0.05) is 38.2 Å². The molecule has 0 aliphatic heterocycles. The molecule has 0 saturated heterocycles. The zero-order chi connectivity index (χ0) is 13.7. The molecule has 1 saturated carbocycles. The van der Waals surface area contributed by atoms with Gasteiger partial charge in [0, 0.05) is 18.6 Å². The number of nitrogens with zero attached hydrogens (tertiary/aromatic N) is 3. The first-order valence-electron chi connectivity index (χ1n) is 7.53. The lowest BCUT2D eigenvalue weighted by molar-refractivity contribution is 0.384. The number of anilines is 1. The van der Waals surface area contributed by atoms with E-state index in [9.17, 15) is 0 Å². The summed E-state index contributed by atoms with van der Waals surface area (Å²) in [6.45, 7) is 7.96. The van der Waals surface area contributed by atoms with Crippen molar-refractivity contribution in [3.8, 4) is 0 Å². The van der Waals surface area contributed by atoms with Crippen LogP contribution in [0.3, 0.4) is 0 Å². The Labute approximate surface area is 115 Å². The van der Waals surface area contributed by atoms with Gasteiger partial charge in [0.05, 0.1) is 6.54 Å². The fraction of sp³-hybridized carbons (Fsp3) is 0.857. The van der Waals surface area contributed by atoms with Crippen LogP contribution in [0.5, 0.6) is 0 Å². The molecular formula is C14H26N4O. The molecule has 0 unspecified atom stereocenters. The largest absolute Gasteiger partial charge is 0.407 e. The van der Waals surface area contributed by atoms with Gasteiger partial charge in [-0.3, -0.25) is 0 Å². The summed E-state index contributed by atoms with van der Waals surface area (Å²) >= 11 is 0. The molecule has 1 heterocycles. The summed E-state index contributed by atoms with van der Waals surface area (Å²) in [5, 5.41) is 11.6. The number of aromatic nitrogens is 2. The van der Waals surface area contributed by atoms with Crippen LogP contribution in [0.15, 0.2) is 4.42 Å². The Morgan fingerprint density at radius 3 is 2.63 bits per heavy atom. The minimum Gasteiger partial charge on any atom is -0.407 e. The molecule has 5 heteroatoms. The van der Waals surface area contributed by atoms with Crippen LogP contribution in [-0.2, 0) is 6.54 Å². The van der Waals surface area contributed by atoms with Gasteiger partial charge in [-0.05, 0) is 19.8 Å². The van der Waals surface area contributed by atoms with Crippen LogP contribution in [0, 0.1) is 0 Å². The van der Waals surface area contributed by atoms with Crippen LogP contribution in [0.4, 0.5) is 6.01 Å². The quantitative estimate of drug-likeness (QED) is 0.858. The molecule has 1 fully saturated rings. The molecular weight excluding hydrogens is 240 g/mol. The highest BCUT2D eigenvalue weighted by Gasteiger charge is 2.24. The van der Waals surface area contributed by atoms with Crippen LogP contribution in [0.2, 0.25) is 0 Å². The maximum atomic E-state index is 5.78. The van der Waals surface area contributed by atoms with Gasteiger partial charge >= 0.3 is 6.01 Å². The molecule has 0 radical (unpaired) electrons. The Morgan fingerprint density at radius 2 is 2.00 bits per heavy atom. The van der Waals surface area contributed by atoms with Crippen molar-refractivity contribution in [2.24, 2.45) is 0 Å². The van der Waals surface area contributed by atoms with E-state index in [1.165, 1.54) is 32.1 Å². The topological polar surface area (TPSA) is 54.2 Å². The summed E-state index contributed by atoms with van der Waals surface area (Å²) in [7, 11) is 0. The standard InChI is InChI=1S/C14H26N4O/c1-4-18(12-8-6-5-7-9-12)14-17-16-13(19-14)10-15-11(2)3/h11-12,15H,4-10H2,1-3H3. The Bertz CT molecular complexity index is 371. The van der Waals surface area contributed by atoms with E-state index >= 15 is 0 Å². The molecule has 5 nitrogen and oxygen atoms in total. The van der Waals surface area contributed by atoms with Gasteiger partial charge in [0.1, 0.15) is 0 Å². The monoisotopic (exact) mass is 266 g/mol. The molecule has 19 heavy (non-hydrogen) atoms. The predicted molar refractivity (Wildman–Crippen MR) is 76.2 cm³/mol. The molecule has 0 atom stereocenters. The van der Waals surface area contributed by atoms with E-state index in [4.69, 9.17) is 4.42 Å². The van der Waals surface area contributed by atoms with Crippen molar-refractivity contribution in [2.45, 2.75) is 71.5 Å². The van der Waals surface area contributed by atoms with Crippen LogP contribution in [-0.4, -0.2) is 28.8 Å². The number of hydrogen-bond donors (Lipinski definition) is 1. The van der Waals surface area contributed by atoms with Gasteiger partial charge in [-0.25, -0.2) is 0 Å². The molecule has 0 amide bonds. The maximum absolute atomic E-state index is 5.78. The van der Waals surface area contributed by atoms with Crippen molar-refractivity contribution in [2.75, 3.05) is 11.4 Å². The van der Waals surface area contributed by atoms with Crippen LogP contribution in [0.1, 0.15) is 58.8 Å². The lowest BCUT2D eigenvalue weighted by atomic mass is 9.94. The van der Waals surface area contributed by atoms with E-state index in [1.807, 2.05) is 0 Å². The van der Waals surface area contributed by atoms with Crippen LogP contribution >= 0.6 is 0 Å². The Morgan fingerprint density at radius 1 is 1.26 bits per heavy atom. The SMILES string of the molecule is CCN(c1nnc(CNC(C)C)o1)C1CCCCC1. The summed E-state index contributed by atoms with van der Waals surface area (Å²) in [5.74, 6) is 0.679. The van der Waals surface area contributed by atoms with E-state index in [0.717, 1.165) is 6.54 Å². The average Bonchev–Trinajstić information content (AvgIpc) is 2.87. The lowest BCUT2D eigenvalue weighted by Gasteiger charge is -2.31. The van der Waals surface area contributed by atoms with Crippen molar-refractivity contribution >= 4 is 6.01 Å². The molecule has 0 aromatic carbocycles. The van der Waals surface area contributed by atoms with Crippen LogP contribution < -0.4 is 10.2 Å². The highest BCUT2D eigenvalue weighted by Crippen LogP contribution is 2.26. The fourth-order valence-corrected chi connectivity index (χ4v) is 2.67. The van der Waals surface area contributed by atoms with Gasteiger partial charge in [0.15, 0.2) is 0 Å². The number of rotatable bonds is 6. The Balaban J connectivity index is 1.98. The van der Waals surface area contributed by atoms with E-state index in [0.29, 0.717) is 30.5 Å². The van der Waals surface area contributed by atoms with Crippen molar-refractivity contribution in [3.05, 3.63) is 5.89 Å². The second kappa shape index (κ2) is 6.89. The third-order valence-electron chi connectivity index (χ3n) is 3.72. The summed E-state index contributed by atoms with van der Waals surface area (Å²) < 4.78 is 5.78. The molecule has 1 N–H and O–H groups in total. The second-order valence-corrected chi connectivity index (χ2v) is 5.59. The third-order valence-corrected chi connectivity index (χ3v) is 3.72. The first kappa shape index (κ1) is 14.3. The zero-order valence-corrected chi connectivity index (χ0v) is 12.4. The van der Waals surface area contributed by atoms with E-state index < -0.39 is 0 Å². The summed E-state index contributed by atoms with van der Waals surface area (Å²) in [5.41, 5.74) is 0. The maximum Gasteiger partial charge on any atom is 0.318 e. The van der Waals surface area contributed by atoms with E-state index in [1.54, 1.807) is 0 Å². The lowest BCUT2D eigenvalue weighted by Crippen LogP contribution is -2.36. The summed E-state index contributed by atoms with van der Waals surface area (Å²) in [6, 6.07) is 1.69. The van der Waals surface area contributed by atoms with Crippen molar-refractivity contribution < 1.29 is 4.42 Å². The first-order valence-corrected chi connectivity index (χ1v) is 7.53. The second-order valence-electron chi connectivity index (χ2n) is 5.59. The highest BCUT2D eigenvalue weighted by molar-refractivity contribution is 5.26. The number of hydrogen-bond acceptors (Lipinski definition) is 5. The van der Waals surface area contributed by atoms with Crippen molar-refractivity contribution in [3.63, 3.8) is 0 Å². The molecule has 0 spiro atoms. The molecule has 1 aliphatic rings. The Kier molecular flexibility index (Phi) is 5.19. The van der Waals surface area contributed by atoms with E-state index in [-0.39, 0.29) is 0 Å². The highest BCUT2D eigenvalue weighted by atomic mass is 16.4. The number of nitrogens with one attached hydrogen (secondary N) is 1. The zero-order valence-electron chi connectivity index (χ0n) is 12.4. The minimum absolute atomic E-state index is 0.427. The molecule has 108 valence electrons.